The van der Waals surface area contributed by atoms with Gasteiger partial charge in [-0.05, 0) is 30.9 Å². The van der Waals surface area contributed by atoms with Gasteiger partial charge in [0.05, 0.1) is 4.90 Å². The van der Waals surface area contributed by atoms with Gasteiger partial charge in [-0.15, -0.1) is 0 Å². The van der Waals surface area contributed by atoms with Crippen LogP contribution in [-0.4, -0.2) is 14.5 Å². The smallest absolute Gasteiger partial charge is 0.241 e. The summed E-state index contributed by atoms with van der Waals surface area (Å²) >= 11 is 0. The van der Waals surface area contributed by atoms with Crippen LogP contribution in [0.4, 0.5) is 4.39 Å². The summed E-state index contributed by atoms with van der Waals surface area (Å²) in [5.41, 5.74) is 5.52. The molecule has 0 aromatic heterocycles. The summed E-state index contributed by atoms with van der Waals surface area (Å²) in [7, 11) is -3.73. The van der Waals surface area contributed by atoms with Gasteiger partial charge in [-0.2, -0.15) is 0 Å². The Balaban J connectivity index is 2.28. The molecule has 112 valence electrons. The zero-order valence-corrected chi connectivity index (χ0v) is 12.4. The Kier molecular flexibility index (Phi) is 4.78. The Morgan fingerprint density at radius 2 is 2.05 bits per heavy atom. The van der Waals surface area contributed by atoms with E-state index in [2.05, 4.69) is 4.72 Å². The second-order valence-corrected chi connectivity index (χ2v) is 7.09. The number of halogens is 1. The molecule has 2 atom stereocenters. The highest BCUT2D eigenvalue weighted by Gasteiger charge is 2.28. The van der Waals surface area contributed by atoms with Crippen molar-refractivity contribution in [3.63, 3.8) is 0 Å². The topological polar surface area (TPSA) is 72.2 Å². The van der Waals surface area contributed by atoms with E-state index < -0.39 is 15.8 Å². The van der Waals surface area contributed by atoms with E-state index in [1.165, 1.54) is 18.2 Å². The second-order valence-electron chi connectivity index (χ2n) is 5.41. The number of benzene rings is 1. The summed E-state index contributed by atoms with van der Waals surface area (Å²) in [5.74, 6) is -0.277. The highest BCUT2D eigenvalue weighted by Crippen LogP contribution is 2.26. The van der Waals surface area contributed by atoms with Crippen LogP contribution in [0.3, 0.4) is 0 Å². The van der Waals surface area contributed by atoms with Crippen LogP contribution in [0, 0.1) is 11.7 Å². The summed E-state index contributed by atoms with van der Waals surface area (Å²) in [6.07, 6.45) is 3.99. The molecule has 0 saturated heterocycles. The fourth-order valence-corrected chi connectivity index (χ4v) is 4.38. The molecular weight excluding hydrogens is 279 g/mol. The van der Waals surface area contributed by atoms with Crippen LogP contribution in [0.1, 0.15) is 38.2 Å². The lowest BCUT2D eigenvalue weighted by Gasteiger charge is -2.29. The van der Waals surface area contributed by atoms with Crippen molar-refractivity contribution in [2.45, 2.75) is 50.1 Å². The first-order valence-corrected chi connectivity index (χ1v) is 8.44. The summed E-state index contributed by atoms with van der Waals surface area (Å²) in [6, 6.07) is 3.95. The molecule has 1 saturated carbocycles. The van der Waals surface area contributed by atoms with Gasteiger partial charge in [0.25, 0.3) is 0 Å². The van der Waals surface area contributed by atoms with E-state index in [1.54, 1.807) is 0 Å². The molecule has 1 aromatic rings. The zero-order chi connectivity index (χ0) is 14.8. The van der Waals surface area contributed by atoms with Gasteiger partial charge in [-0.25, -0.2) is 17.5 Å². The standard InChI is InChI=1S/C14H21FN2O2S/c1-10-5-2-3-7-13(10)17-20(18,19)14-8-4-6-12(15)11(14)9-16/h4,6,8,10,13,17H,2-3,5,7,9,16H2,1H3. The maximum absolute atomic E-state index is 13.7. The third-order valence-corrected chi connectivity index (χ3v) is 5.56. The van der Waals surface area contributed by atoms with E-state index in [-0.39, 0.29) is 23.0 Å². The van der Waals surface area contributed by atoms with Crippen LogP contribution >= 0.6 is 0 Å². The molecule has 0 heterocycles. The number of nitrogens with two attached hydrogens (primary N) is 1. The zero-order valence-electron chi connectivity index (χ0n) is 11.6. The molecule has 0 amide bonds. The maximum atomic E-state index is 13.7. The SMILES string of the molecule is CC1CCCCC1NS(=O)(=O)c1cccc(F)c1CN. The minimum absolute atomic E-state index is 0.0437. The van der Waals surface area contributed by atoms with E-state index in [4.69, 9.17) is 5.73 Å². The van der Waals surface area contributed by atoms with Gasteiger partial charge in [0.15, 0.2) is 0 Å². The predicted octanol–water partition coefficient (Wildman–Crippen LogP) is 2.14. The van der Waals surface area contributed by atoms with E-state index in [0.717, 1.165) is 25.7 Å². The van der Waals surface area contributed by atoms with Crippen LogP contribution in [0.2, 0.25) is 0 Å². The van der Waals surface area contributed by atoms with E-state index >= 15 is 0 Å². The van der Waals surface area contributed by atoms with Crippen molar-refractivity contribution in [2.24, 2.45) is 11.7 Å². The Morgan fingerprint density at radius 3 is 2.70 bits per heavy atom. The molecule has 2 unspecified atom stereocenters. The molecule has 0 aliphatic heterocycles. The van der Waals surface area contributed by atoms with Crippen molar-refractivity contribution in [2.75, 3.05) is 0 Å². The van der Waals surface area contributed by atoms with Crippen molar-refractivity contribution in [3.05, 3.63) is 29.6 Å². The minimum atomic E-state index is -3.73. The normalized spacial score (nSPS) is 23.8. The minimum Gasteiger partial charge on any atom is -0.326 e. The van der Waals surface area contributed by atoms with Crippen LogP contribution in [-0.2, 0) is 16.6 Å². The van der Waals surface area contributed by atoms with Crippen molar-refractivity contribution in [1.82, 2.24) is 4.72 Å². The molecule has 0 radical (unpaired) electrons. The van der Waals surface area contributed by atoms with Gasteiger partial charge >= 0.3 is 0 Å². The Morgan fingerprint density at radius 1 is 1.35 bits per heavy atom. The monoisotopic (exact) mass is 300 g/mol. The van der Waals surface area contributed by atoms with Gasteiger partial charge in [0, 0.05) is 18.2 Å². The molecule has 1 aliphatic carbocycles. The predicted molar refractivity (Wildman–Crippen MR) is 76.0 cm³/mol. The summed E-state index contributed by atoms with van der Waals surface area (Å²) in [6.45, 7) is 1.91. The van der Waals surface area contributed by atoms with Crippen LogP contribution in [0.15, 0.2) is 23.1 Å². The average Bonchev–Trinajstić information content (AvgIpc) is 2.41. The van der Waals surface area contributed by atoms with Crippen LogP contribution < -0.4 is 10.5 Å². The lowest BCUT2D eigenvalue weighted by molar-refractivity contribution is 0.310. The fraction of sp³-hybridized carbons (Fsp3) is 0.571. The molecule has 1 aliphatic rings. The van der Waals surface area contributed by atoms with Gasteiger partial charge in [0.1, 0.15) is 5.82 Å². The largest absolute Gasteiger partial charge is 0.326 e. The van der Waals surface area contributed by atoms with Crippen molar-refractivity contribution >= 4 is 10.0 Å². The summed E-state index contributed by atoms with van der Waals surface area (Å²) < 4.78 is 41.3. The highest BCUT2D eigenvalue weighted by molar-refractivity contribution is 7.89. The highest BCUT2D eigenvalue weighted by atomic mass is 32.2. The molecule has 2 rings (SSSR count). The van der Waals surface area contributed by atoms with Gasteiger partial charge in [-0.1, -0.05) is 25.8 Å². The Labute approximate surface area is 119 Å². The maximum Gasteiger partial charge on any atom is 0.241 e. The van der Waals surface area contributed by atoms with Crippen molar-refractivity contribution in [3.8, 4) is 0 Å². The first kappa shape index (κ1) is 15.4. The molecule has 0 spiro atoms. The molecule has 1 aromatic carbocycles. The lowest BCUT2D eigenvalue weighted by Crippen LogP contribution is -2.41. The molecule has 6 heteroatoms. The van der Waals surface area contributed by atoms with Crippen molar-refractivity contribution in [1.29, 1.82) is 0 Å². The van der Waals surface area contributed by atoms with Gasteiger partial charge in [0.2, 0.25) is 10.0 Å². The van der Waals surface area contributed by atoms with E-state index in [0.29, 0.717) is 5.92 Å². The Hall–Kier alpha value is -0.980. The third-order valence-electron chi connectivity index (χ3n) is 3.99. The van der Waals surface area contributed by atoms with Crippen LogP contribution in [0.5, 0.6) is 0 Å². The first-order chi connectivity index (χ1) is 9.45. The molecule has 0 bridgehead atoms. The molecule has 1 fully saturated rings. The number of nitrogens with one attached hydrogen (secondary N) is 1. The van der Waals surface area contributed by atoms with E-state index in [9.17, 15) is 12.8 Å². The fourth-order valence-electron chi connectivity index (χ4n) is 2.74. The van der Waals surface area contributed by atoms with E-state index in [1.807, 2.05) is 6.92 Å². The third kappa shape index (κ3) is 3.19. The number of sulfonamides is 1. The lowest BCUT2D eigenvalue weighted by atomic mass is 9.87. The molecular formula is C14H21FN2O2S. The molecule has 3 N–H and O–H groups in total. The average molecular weight is 300 g/mol. The van der Waals surface area contributed by atoms with Crippen LogP contribution in [0.25, 0.3) is 0 Å². The first-order valence-electron chi connectivity index (χ1n) is 6.95. The molecule has 4 nitrogen and oxygen atoms in total. The quantitative estimate of drug-likeness (QED) is 0.895. The summed E-state index contributed by atoms with van der Waals surface area (Å²) in [4.78, 5) is -0.0437. The number of hydrogen-bond acceptors (Lipinski definition) is 3. The molecule has 20 heavy (non-hydrogen) atoms. The van der Waals surface area contributed by atoms with Gasteiger partial charge in [-0.3, -0.25) is 0 Å². The summed E-state index contributed by atoms with van der Waals surface area (Å²) in [5, 5.41) is 0. The Bertz CT molecular complexity index is 575. The van der Waals surface area contributed by atoms with Gasteiger partial charge < -0.3 is 5.73 Å². The number of hydrogen-bond donors (Lipinski definition) is 2. The van der Waals surface area contributed by atoms with Crippen molar-refractivity contribution < 1.29 is 12.8 Å². The second kappa shape index (κ2) is 6.20. The number of rotatable bonds is 4.